The van der Waals surface area contributed by atoms with E-state index in [0.717, 1.165) is 10.8 Å². The summed E-state index contributed by atoms with van der Waals surface area (Å²) in [5.74, 6) is 1.12. The highest BCUT2D eigenvalue weighted by atomic mass is 32.2. The maximum Gasteiger partial charge on any atom is 0.0970 e. The molecule has 1 nitrogen and oxygen atoms in total. The van der Waals surface area contributed by atoms with Gasteiger partial charge < -0.3 is 0 Å². The van der Waals surface area contributed by atoms with Crippen molar-refractivity contribution < 1.29 is 0 Å². The van der Waals surface area contributed by atoms with Crippen LogP contribution < -0.4 is 0 Å². The first-order valence-corrected chi connectivity index (χ1v) is 6.76. The Balaban J connectivity index is 2.82. The third-order valence-corrected chi connectivity index (χ3v) is 3.51. The number of hydrogen-bond acceptors (Lipinski definition) is 3. The van der Waals surface area contributed by atoms with Gasteiger partial charge in [-0.25, -0.2) is 0 Å². The molecule has 0 bridgehead atoms. The molecule has 1 aromatic carbocycles. The van der Waals surface area contributed by atoms with E-state index in [4.69, 9.17) is 0 Å². The molecule has 0 atom stereocenters. The fourth-order valence-electron chi connectivity index (χ4n) is 1.20. The van der Waals surface area contributed by atoms with Crippen molar-refractivity contribution in [2.45, 2.75) is 11.8 Å². The van der Waals surface area contributed by atoms with E-state index in [-0.39, 0.29) is 0 Å². The Bertz CT molecular complexity index is 304. The Morgan fingerprint density at radius 1 is 1.29 bits per heavy atom. The maximum absolute atomic E-state index is 4.23. The van der Waals surface area contributed by atoms with Gasteiger partial charge in [0.05, 0.1) is 5.04 Å². The molecule has 0 heterocycles. The highest BCUT2D eigenvalue weighted by Crippen LogP contribution is 2.19. The zero-order valence-corrected chi connectivity index (χ0v) is 10.4. The summed E-state index contributed by atoms with van der Waals surface area (Å²) < 4.78 is 0. The molecule has 76 valence electrons. The predicted octanol–water partition coefficient (Wildman–Crippen LogP) is 3.54. The van der Waals surface area contributed by atoms with E-state index in [2.05, 4.69) is 42.4 Å². The Kier molecular flexibility index (Phi) is 5.12. The van der Waals surface area contributed by atoms with Crippen LogP contribution in [0, 0.1) is 0 Å². The summed E-state index contributed by atoms with van der Waals surface area (Å²) in [4.78, 5) is 5.55. The van der Waals surface area contributed by atoms with E-state index in [1.807, 2.05) is 18.8 Å². The van der Waals surface area contributed by atoms with Gasteiger partial charge in [0.2, 0.25) is 0 Å². The van der Waals surface area contributed by atoms with Gasteiger partial charge in [0, 0.05) is 17.5 Å². The van der Waals surface area contributed by atoms with E-state index in [0.29, 0.717) is 0 Å². The fraction of sp³-hybridized carbons (Fsp3) is 0.364. The normalized spacial score (nSPS) is 11.8. The van der Waals surface area contributed by atoms with Crippen LogP contribution in [0.4, 0.5) is 0 Å². The highest BCUT2D eigenvalue weighted by molar-refractivity contribution is 8.13. The lowest BCUT2D eigenvalue weighted by atomic mass is 10.2. The molecule has 0 radical (unpaired) electrons. The van der Waals surface area contributed by atoms with Gasteiger partial charge in [0.15, 0.2) is 0 Å². The summed E-state index contributed by atoms with van der Waals surface area (Å²) in [5.41, 5.74) is 1.21. The molecule has 0 aliphatic heterocycles. The van der Waals surface area contributed by atoms with Crippen LogP contribution in [0.3, 0.4) is 0 Å². The summed E-state index contributed by atoms with van der Waals surface area (Å²) >= 11 is 3.55. The molecule has 0 N–H and O–H groups in total. The molecule has 14 heavy (non-hydrogen) atoms. The molecule has 1 aromatic rings. The molecule has 0 aliphatic rings. The fourth-order valence-corrected chi connectivity index (χ4v) is 2.41. The van der Waals surface area contributed by atoms with Crippen LogP contribution in [0.2, 0.25) is 0 Å². The number of thioether (sulfide) groups is 2. The Morgan fingerprint density at radius 2 is 1.93 bits per heavy atom. The Labute approximate surface area is 94.4 Å². The van der Waals surface area contributed by atoms with Crippen molar-refractivity contribution in [3.63, 3.8) is 0 Å². The molecule has 3 heteroatoms. The first kappa shape index (κ1) is 11.7. The van der Waals surface area contributed by atoms with Gasteiger partial charge in [0.25, 0.3) is 0 Å². The third kappa shape index (κ3) is 3.07. The van der Waals surface area contributed by atoms with Crippen molar-refractivity contribution >= 4 is 28.6 Å². The number of nitrogens with zero attached hydrogens (tertiary/aromatic N) is 1. The molecular formula is C11H15NS2. The van der Waals surface area contributed by atoms with Crippen molar-refractivity contribution in [3.05, 3.63) is 29.8 Å². The first-order chi connectivity index (χ1) is 6.81. The van der Waals surface area contributed by atoms with Gasteiger partial charge in [-0.15, -0.1) is 23.5 Å². The second kappa shape index (κ2) is 6.14. The molecule has 0 aromatic heterocycles. The second-order valence-corrected chi connectivity index (χ2v) is 4.82. The van der Waals surface area contributed by atoms with Crippen molar-refractivity contribution in [1.82, 2.24) is 0 Å². The lowest BCUT2D eigenvalue weighted by Crippen LogP contribution is -1.93. The van der Waals surface area contributed by atoms with Crippen LogP contribution in [-0.4, -0.2) is 24.1 Å². The molecule has 0 unspecified atom stereocenters. The van der Waals surface area contributed by atoms with Crippen LogP contribution >= 0.6 is 23.5 Å². The van der Waals surface area contributed by atoms with Gasteiger partial charge in [-0.1, -0.05) is 19.1 Å². The van der Waals surface area contributed by atoms with Crippen molar-refractivity contribution in [2.24, 2.45) is 4.99 Å². The standard InChI is InChI=1S/C11H15NS2/c1-4-14-10-7-5-9(6-8-10)11(12-2)13-3/h5-8H,4H2,1-3H3. The van der Waals surface area contributed by atoms with Gasteiger partial charge in [-0.3, -0.25) is 4.99 Å². The Hall–Kier alpha value is -0.410. The number of hydrogen-bond donors (Lipinski definition) is 0. The molecule has 0 saturated carbocycles. The molecule has 0 aliphatic carbocycles. The topological polar surface area (TPSA) is 12.4 Å². The van der Waals surface area contributed by atoms with Crippen LogP contribution in [0.5, 0.6) is 0 Å². The average Bonchev–Trinajstić information content (AvgIpc) is 2.23. The number of benzene rings is 1. The summed E-state index contributed by atoms with van der Waals surface area (Å²) in [6, 6.07) is 8.59. The van der Waals surface area contributed by atoms with E-state index < -0.39 is 0 Å². The van der Waals surface area contributed by atoms with Gasteiger partial charge >= 0.3 is 0 Å². The van der Waals surface area contributed by atoms with E-state index in [1.54, 1.807) is 11.8 Å². The van der Waals surface area contributed by atoms with Gasteiger partial charge in [0.1, 0.15) is 0 Å². The van der Waals surface area contributed by atoms with Crippen LogP contribution in [0.15, 0.2) is 34.2 Å². The second-order valence-electron chi connectivity index (χ2n) is 2.69. The van der Waals surface area contributed by atoms with E-state index in [9.17, 15) is 0 Å². The minimum atomic E-state index is 1.10. The molecule has 0 fully saturated rings. The summed E-state index contributed by atoms with van der Waals surface area (Å²) in [7, 11) is 1.83. The zero-order chi connectivity index (χ0) is 10.4. The monoisotopic (exact) mass is 225 g/mol. The molecular weight excluding hydrogens is 210 g/mol. The van der Waals surface area contributed by atoms with Crippen LogP contribution in [0.25, 0.3) is 0 Å². The van der Waals surface area contributed by atoms with Crippen molar-refractivity contribution in [1.29, 1.82) is 0 Å². The summed E-state index contributed by atoms with van der Waals surface area (Å²) in [6.45, 7) is 2.17. The quantitative estimate of drug-likeness (QED) is 0.443. The van der Waals surface area contributed by atoms with Crippen LogP contribution in [-0.2, 0) is 0 Å². The average molecular weight is 225 g/mol. The molecule has 0 amide bonds. The lowest BCUT2D eigenvalue weighted by Gasteiger charge is -2.03. The van der Waals surface area contributed by atoms with Gasteiger partial charge in [-0.05, 0) is 24.1 Å². The largest absolute Gasteiger partial charge is 0.281 e. The van der Waals surface area contributed by atoms with Gasteiger partial charge in [-0.2, -0.15) is 0 Å². The van der Waals surface area contributed by atoms with E-state index in [1.165, 1.54) is 10.5 Å². The highest BCUT2D eigenvalue weighted by Gasteiger charge is 2.00. The zero-order valence-electron chi connectivity index (χ0n) is 8.78. The Morgan fingerprint density at radius 3 is 2.36 bits per heavy atom. The summed E-state index contributed by atoms with van der Waals surface area (Å²) in [6.07, 6.45) is 2.05. The molecule has 0 spiro atoms. The molecule has 0 saturated heterocycles. The third-order valence-electron chi connectivity index (χ3n) is 1.81. The van der Waals surface area contributed by atoms with E-state index >= 15 is 0 Å². The summed E-state index contributed by atoms with van der Waals surface area (Å²) in [5, 5.41) is 1.10. The predicted molar refractivity (Wildman–Crippen MR) is 68.8 cm³/mol. The van der Waals surface area contributed by atoms with Crippen LogP contribution in [0.1, 0.15) is 12.5 Å². The minimum Gasteiger partial charge on any atom is -0.281 e. The minimum absolute atomic E-state index is 1.10. The van der Waals surface area contributed by atoms with Crippen molar-refractivity contribution in [3.8, 4) is 0 Å². The SMILES string of the molecule is CCSc1ccc(C(=NC)SC)cc1. The number of rotatable bonds is 3. The molecule has 1 rings (SSSR count). The first-order valence-electron chi connectivity index (χ1n) is 4.55. The van der Waals surface area contributed by atoms with Crippen molar-refractivity contribution in [2.75, 3.05) is 19.1 Å². The lowest BCUT2D eigenvalue weighted by molar-refractivity contribution is 1.40. The number of aliphatic imine (C=N–C) groups is 1. The maximum atomic E-state index is 4.23. The smallest absolute Gasteiger partial charge is 0.0970 e.